The number of ether oxygens (including phenoxy) is 2. The third kappa shape index (κ3) is 2.72. The SMILES string of the molecule is C[C@H]1CCC2(OC1)OC1CC3C4CCC5C[C@@H](O)[C@H](O)CC5C4CC[C@]3(C)C1[C@@H]2C. The molecule has 0 bridgehead atoms. The van der Waals surface area contributed by atoms with E-state index in [1.807, 2.05) is 0 Å². The first kappa shape index (κ1) is 20.4. The van der Waals surface area contributed by atoms with Crippen molar-refractivity contribution in [2.45, 2.75) is 103 Å². The zero-order valence-electron chi connectivity index (χ0n) is 19.1. The minimum Gasteiger partial charge on any atom is -0.390 e. The molecule has 30 heavy (non-hydrogen) atoms. The summed E-state index contributed by atoms with van der Waals surface area (Å²) in [5.41, 5.74) is 0.376. The van der Waals surface area contributed by atoms with Crippen LogP contribution in [-0.2, 0) is 9.47 Å². The maximum atomic E-state index is 10.4. The predicted molar refractivity (Wildman–Crippen MR) is 114 cm³/mol. The number of hydrogen-bond donors (Lipinski definition) is 2. The van der Waals surface area contributed by atoms with Crippen LogP contribution in [0.2, 0.25) is 0 Å². The average molecular weight is 419 g/mol. The van der Waals surface area contributed by atoms with E-state index >= 15 is 0 Å². The predicted octanol–water partition coefficient (Wildman–Crippen LogP) is 4.37. The van der Waals surface area contributed by atoms with Gasteiger partial charge in [-0.25, -0.2) is 0 Å². The topological polar surface area (TPSA) is 58.9 Å². The number of hydrogen-bond acceptors (Lipinski definition) is 4. The molecule has 0 aromatic carbocycles. The second-order valence-electron chi connectivity index (χ2n) is 12.6. The normalized spacial score (nSPS) is 62.5. The molecule has 6 fully saturated rings. The van der Waals surface area contributed by atoms with Gasteiger partial charge in [-0.15, -0.1) is 0 Å². The van der Waals surface area contributed by atoms with Gasteiger partial charge in [0.05, 0.1) is 24.9 Å². The molecule has 0 amide bonds. The highest BCUT2D eigenvalue weighted by molar-refractivity contribution is 5.14. The smallest absolute Gasteiger partial charge is 0.171 e. The molecule has 1 spiro atoms. The van der Waals surface area contributed by atoms with Gasteiger partial charge in [-0.05, 0) is 98.2 Å². The molecule has 6 rings (SSSR count). The first-order valence-electron chi connectivity index (χ1n) is 13.0. The highest BCUT2D eigenvalue weighted by Gasteiger charge is 2.68. The Labute approximate surface area is 182 Å². The van der Waals surface area contributed by atoms with E-state index in [2.05, 4.69) is 20.8 Å². The van der Waals surface area contributed by atoms with Gasteiger partial charge in [-0.2, -0.15) is 0 Å². The van der Waals surface area contributed by atoms with E-state index in [9.17, 15) is 10.2 Å². The molecule has 4 nitrogen and oxygen atoms in total. The second-order valence-corrected chi connectivity index (χ2v) is 12.6. The number of aliphatic hydroxyl groups excluding tert-OH is 2. The Kier molecular flexibility index (Phi) is 4.72. The Bertz CT molecular complexity index is 672. The van der Waals surface area contributed by atoms with Crippen LogP contribution in [0.1, 0.15) is 78.6 Å². The van der Waals surface area contributed by atoms with Crippen molar-refractivity contribution >= 4 is 0 Å². The summed E-state index contributed by atoms with van der Waals surface area (Å²) in [5, 5.41) is 20.6. The zero-order chi connectivity index (χ0) is 20.8. The highest BCUT2D eigenvalue weighted by Crippen LogP contribution is 2.69. The Morgan fingerprint density at radius 3 is 2.40 bits per heavy atom. The second kappa shape index (κ2) is 6.92. The fourth-order valence-corrected chi connectivity index (χ4v) is 9.81. The van der Waals surface area contributed by atoms with Crippen LogP contribution in [0.5, 0.6) is 0 Å². The largest absolute Gasteiger partial charge is 0.390 e. The highest BCUT2D eigenvalue weighted by atomic mass is 16.7. The summed E-state index contributed by atoms with van der Waals surface area (Å²) in [5.74, 6) is 5.03. The summed E-state index contributed by atoms with van der Waals surface area (Å²) in [6, 6.07) is 0. The van der Waals surface area contributed by atoms with Crippen molar-refractivity contribution in [1.82, 2.24) is 0 Å². The Morgan fingerprint density at radius 2 is 1.63 bits per heavy atom. The van der Waals surface area contributed by atoms with Crippen molar-refractivity contribution in [3.05, 3.63) is 0 Å². The summed E-state index contributed by atoms with van der Waals surface area (Å²) in [7, 11) is 0. The lowest BCUT2D eigenvalue weighted by atomic mass is 9.48. The third-order valence-corrected chi connectivity index (χ3v) is 11.3. The molecule has 2 saturated heterocycles. The van der Waals surface area contributed by atoms with Crippen LogP contribution in [0.25, 0.3) is 0 Å². The maximum absolute atomic E-state index is 10.4. The lowest BCUT2D eigenvalue weighted by Gasteiger charge is -2.57. The molecule has 0 radical (unpaired) electrons. The van der Waals surface area contributed by atoms with Crippen molar-refractivity contribution in [1.29, 1.82) is 0 Å². The van der Waals surface area contributed by atoms with Gasteiger partial charge < -0.3 is 19.7 Å². The summed E-state index contributed by atoms with van der Waals surface area (Å²) < 4.78 is 13.3. The minimum atomic E-state index is -0.504. The van der Waals surface area contributed by atoms with Crippen molar-refractivity contribution in [3.8, 4) is 0 Å². The maximum Gasteiger partial charge on any atom is 0.171 e. The molecule has 2 N–H and O–H groups in total. The first-order chi connectivity index (χ1) is 14.3. The van der Waals surface area contributed by atoms with E-state index in [1.54, 1.807) is 0 Å². The molecule has 2 aliphatic heterocycles. The van der Waals surface area contributed by atoms with Gasteiger partial charge in [0.1, 0.15) is 0 Å². The third-order valence-electron chi connectivity index (χ3n) is 11.3. The van der Waals surface area contributed by atoms with Gasteiger partial charge in [0.15, 0.2) is 5.79 Å². The molecule has 13 atom stereocenters. The van der Waals surface area contributed by atoms with Crippen LogP contribution >= 0.6 is 0 Å². The summed E-state index contributed by atoms with van der Waals surface area (Å²) in [4.78, 5) is 0. The fraction of sp³-hybridized carbons (Fsp3) is 1.00. The van der Waals surface area contributed by atoms with Crippen molar-refractivity contribution in [2.75, 3.05) is 6.61 Å². The molecule has 4 saturated carbocycles. The molecular formula is C26H42O4. The lowest BCUT2D eigenvalue weighted by molar-refractivity contribution is -0.272. The van der Waals surface area contributed by atoms with Gasteiger partial charge in [0.25, 0.3) is 0 Å². The van der Waals surface area contributed by atoms with Crippen molar-refractivity contribution in [3.63, 3.8) is 0 Å². The van der Waals surface area contributed by atoms with Gasteiger partial charge in [0, 0.05) is 12.3 Å². The van der Waals surface area contributed by atoms with Crippen LogP contribution in [-0.4, -0.2) is 40.9 Å². The number of fused-ring (bicyclic) bond motifs is 7. The van der Waals surface area contributed by atoms with E-state index in [1.165, 1.54) is 38.5 Å². The minimum absolute atomic E-state index is 0.312. The van der Waals surface area contributed by atoms with Crippen LogP contribution < -0.4 is 0 Å². The van der Waals surface area contributed by atoms with Crippen molar-refractivity contribution < 1.29 is 19.7 Å². The van der Waals surface area contributed by atoms with E-state index < -0.39 is 12.2 Å². The molecule has 2 heterocycles. The zero-order valence-corrected chi connectivity index (χ0v) is 19.1. The quantitative estimate of drug-likeness (QED) is 0.613. The van der Waals surface area contributed by atoms with E-state index in [0.29, 0.717) is 41.1 Å². The number of rotatable bonds is 0. The molecule has 6 aliphatic rings. The van der Waals surface area contributed by atoms with E-state index in [0.717, 1.165) is 43.6 Å². The Morgan fingerprint density at radius 1 is 0.833 bits per heavy atom. The summed E-state index contributed by atoms with van der Waals surface area (Å²) >= 11 is 0. The van der Waals surface area contributed by atoms with Crippen molar-refractivity contribution in [2.24, 2.45) is 52.8 Å². The molecule has 4 heteroatoms. The van der Waals surface area contributed by atoms with Gasteiger partial charge in [0.2, 0.25) is 0 Å². The van der Waals surface area contributed by atoms with Crippen LogP contribution in [0, 0.1) is 52.8 Å². The standard InChI is InChI=1S/C26H42O4/c1-14-6-9-26(29-13-14)15(2)24-23(30-26)12-20-18-5-4-16-10-21(27)22(28)11-19(16)17(18)7-8-25(20,24)3/h14-24,27-28H,4-13H2,1-3H3/t14-,15-,16?,17?,18?,19?,20?,21+,22+,23?,24?,25-,26?/m0/s1. The Balaban J connectivity index is 1.24. The molecular weight excluding hydrogens is 376 g/mol. The molecule has 0 aromatic heterocycles. The Hall–Kier alpha value is -0.160. The van der Waals surface area contributed by atoms with E-state index in [4.69, 9.17) is 9.47 Å². The number of aliphatic hydroxyl groups is 2. The monoisotopic (exact) mass is 418 g/mol. The fourth-order valence-electron chi connectivity index (χ4n) is 9.81. The molecule has 4 aliphatic carbocycles. The van der Waals surface area contributed by atoms with Gasteiger partial charge in [-0.3, -0.25) is 0 Å². The van der Waals surface area contributed by atoms with Crippen LogP contribution in [0.3, 0.4) is 0 Å². The molecule has 170 valence electrons. The molecule has 0 aromatic rings. The van der Waals surface area contributed by atoms with Gasteiger partial charge >= 0.3 is 0 Å². The average Bonchev–Trinajstić information content (AvgIpc) is 3.16. The van der Waals surface area contributed by atoms with Gasteiger partial charge in [-0.1, -0.05) is 20.8 Å². The first-order valence-corrected chi connectivity index (χ1v) is 13.0. The van der Waals surface area contributed by atoms with Crippen LogP contribution in [0.4, 0.5) is 0 Å². The van der Waals surface area contributed by atoms with Crippen LogP contribution in [0.15, 0.2) is 0 Å². The summed E-state index contributed by atoms with van der Waals surface area (Å²) in [6.07, 6.45) is 9.72. The lowest BCUT2D eigenvalue weighted by Crippen LogP contribution is -2.53. The summed E-state index contributed by atoms with van der Waals surface area (Å²) in [6.45, 7) is 8.17. The van der Waals surface area contributed by atoms with E-state index in [-0.39, 0.29) is 5.79 Å². The molecule has 8 unspecified atom stereocenters.